The maximum absolute atomic E-state index is 12.7. The van der Waals surface area contributed by atoms with Crippen LogP contribution in [0.3, 0.4) is 0 Å². The molecule has 1 aliphatic heterocycles. The predicted octanol–water partition coefficient (Wildman–Crippen LogP) is 3.55. The zero-order valence-electron chi connectivity index (χ0n) is 13.9. The molecule has 0 saturated carbocycles. The number of carbonyl (C=O) groups is 2. The minimum Gasteiger partial charge on any atom is -0.335 e. The van der Waals surface area contributed by atoms with Gasteiger partial charge in [0.05, 0.1) is 12.5 Å². The van der Waals surface area contributed by atoms with E-state index < -0.39 is 0 Å². The molecule has 0 unspecified atom stereocenters. The van der Waals surface area contributed by atoms with Crippen LogP contribution in [0.25, 0.3) is 0 Å². The summed E-state index contributed by atoms with van der Waals surface area (Å²) in [7, 11) is 0. The minimum absolute atomic E-state index is 0.0957. The molecule has 1 atom stereocenters. The fourth-order valence-electron chi connectivity index (χ4n) is 3.27. The topological polar surface area (TPSA) is 49.4 Å². The van der Waals surface area contributed by atoms with E-state index >= 15 is 0 Å². The molecule has 1 N–H and O–H groups in total. The number of hydrogen-bond donors (Lipinski definition) is 1. The highest BCUT2D eigenvalue weighted by atomic mass is 16.2. The largest absolute Gasteiger partial charge is 0.335 e. The van der Waals surface area contributed by atoms with Crippen LogP contribution in [-0.4, -0.2) is 23.3 Å². The highest BCUT2D eigenvalue weighted by molar-refractivity contribution is 5.88. The average molecular weight is 322 g/mol. The van der Waals surface area contributed by atoms with Crippen molar-refractivity contribution < 1.29 is 9.59 Å². The van der Waals surface area contributed by atoms with Crippen LogP contribution < -0.4 is 5.32 Å². The van der Waals surface area contributed by atoms with Crippen LogP contribution in [0.1, 0.15) is 36.9 Å². The molecule has 124 valence electrons. The lowest BCUT2D eigenvalue weighted by molar-refractivity contribution is -0.131. The molecular formula is C20H22N2O2. The third-order valence-electron chi connectivity index (χ3n) is 4.39. The van der Waals surface area contributed by atoms with Crippen LogP contribution in [0, 0.1) is 0 Å². The minimum atomic E-state index is -0.0957. The number of benzene rings is 2. The van der Waals surface area contributed by atoms with Gasteiger partial charge in [0.2, 0.25) is 11.8 Å². The summed E-state index contributed by atoms with van der Waals surface area (Å²) in [5.41, 5.74) is 2.93. The van der Waals surface area contributed by atoms with Crippen LogP contribution in [0.15, 0.2) is 54.6 Å². The number of nitrogens with zero attached hydrogens (tertiary/aromatic N) is 1. The van der Waals surface area contributed by atoms with Gasteiger partial charge in [-0.1, -0.05) is 42.5 Å². The van der Waals surface area contributed by atoms with Crippen LogP contribution in [-0.2, 0) is 16.0 Å². The molecule has 3 rings (SSSR count). The standard InChI is InChI=1S/C20H22N2O2/c1-15(23)21-18-11-9-16(10-12-18)14-20(24)22-13-5-8-19(22)17-6-3-2-4-7-17/h2-4,6-7,9-12,19H,5,8,13-14H2,1H3,(H,21,23)/t19-/m1/s1. The predicted molar refractivity (Wildman–Crippen MR) is 94.6 cm³/mol. The Kier molecular flexibility index (Phi) is 4.94. The second-order valence-corrected chi connectivity index (χ2v) is 6.21. The summed E-state index contributed by atoms with van der Waals surface area (Å²) in [6.07, 6.45) is 2.47. The van der Waals surface area contributed by atoms with E-state index in [0.717, 1.165) is 30.6 Å². The average Bonchev–Trinajstić information content (AvgIpc) is 3.07. The van der Waals surface area contributed by atoms with Gasteiger partial charge in [0.15, 0.2) is 0 Å². The second-order valence-electron chi connectivity index (χ2n) is 6.21. The molecule has 1 saturated heterocycles. The van der Waals surface area contributed by atoms with E-state index in [9.17, 15) is 9.59 Å². The number of hydrogen-bond acceptors (Lipinski definition) is 2. The Morgan fingerprint density at radius 1 is 1.08 bits per heavy atom. The van der Waals surface area contributed by atoms with E-state index in [0.29, 0.717) is 6.42 Å². The van der Waals surface area contributed by atoms with E-state index in [2.05, 4.69) is 17.4 Å². The van der Waals surface area contributed by atoms with E-state index in [1.807, 2.05) is 47.4 Å². The van der Waals surface area contributed by atoms with Crippen LogP contribution in [0.4, 0.5) is 5.69 Å². The van der Waals surface area contributed by atoms with Crippen LogP contribution in [0.2, 0.25) is 0 Å². The Labute approximate surface area is 142 Å². The Hall–Kier alpha value is -2.62. The number of rotatable bonds is 4. The van der Waals surface area contributed by atoms with Crippen LogP contribution in [0.5, 0.6) is 0 Å². The summed E-state index contributed by atoms with van der Waals surface area (Å²) in [6.45, 7) is 2.30. The quantitative estimate of drug-likeness (QED) is 0.936. The normalized spacial score (nSPS) is 16.9. The summed E-state index contributed by atoms with van der Waals surface area (Å²) >= 11 is 0. The highest BCUT2D eigenvalue weighted by Gasteiger charge is 2.29. The first-order chi connectivity index (χ1) is 11.6. The molecule has 1 fully saturated rings. The van der Waals surface area contributed by atoms with Crippen molar-refractivity contribution in [2.45, 2.75) is 32.2 Å². The Morgan fingerprint density at radius 2 is 1.79 bits per heavy atom. The monoisotopic (exact) mass is 322 g/mol. The van der Waals surface area contributed by atoms with E-state index in [1.54, 1.807) is 0 Å². The van der Waals surface area contributed by atoms with Gasteiger partial charge < -0.3 is 10.2 Å². The third-order valence-corrected chi connectivity index (χ3v) is 4.39. The van der Waals surface area contributed by atoms with Crippen LogP contribution >= 0.6 is 0 Å². The van der Waals surface area contributed by atoms with Gasteiger partial charge in [-0.05, 0) is 36.1 Å². The summed E-state index contributed by atoms with van der Waals surface area (Å²) in [4.78, 5) is 25.8. The molecular weight excluding hydrogens is 300 g/mol. The Balaban J connectivity index is 1.67. The van der Waals surface area contributed by atoms with E-state index in [-0.39, 0.29) is 17.9 Å². The van der Waals surface area contributed by atoms with Gasteiger partial charge in [0.1, 0.15) is 0 Å². The summed E-state index contributed by atoms with van der Waals surface area (Å²) in [6, 6.07) is 17.9. The first kappa shape index (κ1) is 16.2. The lowest BCUT2D eigenvalue weighted by atomic mass is 10.0. The number of likely N-dealkylation sites (tertiary alicyclic amines) is 1. The molecule has 0 radical (unpaired) electrons. The van der Waals surface area contributed by atoms with Gasteiger partial charge in [-0.25, -0.2) is 0 Å². The number of nitrogens with one attached hydrogen (secondary N) is 1. The van der Waals surface area contributed by atoms with Crippen molar-refractivity contribution in [1.82, 2.24) is 4.90 Å². The molecule has 0 aliphatic carbocycles. The summed E-state index contributed by atoms with van der Waals surface area (Å²) < 4.78 is 0. The van der Waals surface area contributed by atoms with Gasteiger partial charge in [0.25, 0.3) is 0 Å². The Bertz CT molecular complexity index is 710. The fraction of sp³-hybridized carbons (Fsp3) is 0.300. The van der Waals surface area contributed by atoms with Gasteiger partial charge in [-0.3, -0.25) is 9.59 Å². The molecule has 1 heterocycles. The molecule has 1 aliphatic rings. The molecule has 0 aromatic heterocycles. The maximum Gasteiger partial charge on any atom is 0.227 e. The lowest BCUT2D eigenvalue weighted by Gasteiger charge is -2.25. The highest BCUT2D eigenvalue weighted by Crippen LogP contribution is 2.32. The fourth-order valence-corrected chi connectivity index (χ4v) is 3.27. The number of carbonyl (C=O) groups excluding carboxylic acids is 2. The SMILES string of the molecule is CC(=O)Nc1ccc(CC(=O)N2CCC[C@@H]2c2ccccc2)cc1. The molecule has 2 aromatic rings. The van der Waals surface area contributed by atoms with Crippen molar-refractivity contribution in [3.05, 3.63) is 65.7 Å². The van der Waals surface area contributed by atoms with Gasteiger partial charge in [0, 0.05) is 19.2 Å². The van der Waals surface area contributed by atoms with Crippen molar-refractivity contribution in [3.63, 3.8) is 0 Å². The van der Waals surface area contributed by atoms with Crippen molar-refractivity contribution in [2.24, 2.45) is 0 Å². The van der Waals surface area contributed by atoms with E-state index in [4.69, 9.17) is 0 Å². The van der Waals surface area contributed by atoms with Crippen molar-refractivity contribution >= 4 is 17.5 Å². The van der Waals surface area contributed by atoms with Gasteiger partial charge in [-0.2, -0.15) is 0 Å². The molecule has 4 heteroatoms. The second kappa shape index (κ2) is 7.30. The lowest BCUT2D eigenvalue weighted by Crippen LogP contribution is -2.31. The zero-order chi connectivity index (χ0) is 16.9. The third kappa shape index (κ3) is 3.82. The molecule has 0 spiro atoms. The Morgan fingerprint density at radius 3 is 2.46 bits per heavy atom. The first-order valence-electron chi connectivity index (χ1n) is 8.34. The van der Waals surface area contributed by atoms with Gasteiger partial charge in [-0.15, -0.1) is 0 Å². The number of amides is 2. The smallest absolute Gasteiger partial charge is 0.227 e. The van der Waals surface area contributed by atoms with Crippen molar-refractivity contribution in [1.29, 1.82) is 0 Å². The zero-order valence-corrected chi connectivity index (χ0v) is 13.9. The molecule has 2 aromatic carbocycles. The van der Waals surface area contributed by atoms with Crippen molar-refractivity contribution in [2.75, 3.05) is 11.9 Å². The molecule has 2 amide bonds. The summed E-state index contributed by atoms with van der Waals surface area (Å²) in [5.74, 6) is 0.0650. The molecule has 4 nitrogen and oxygen atoms in total. The maximum atomic E-state index is 12.7. The first-order valence-corrected chi connectivity index (χ1v) is 8.34. The van der Waals surface area contributed by atoms with Crippen molar-refractivity contribution in [3.8, 4) is 0 Å². The van der Waals surface area contributed by atoms with E-state index in [1.165, 1.54) is 12.5 Å². The molecule has 24 heavy (non-hydrogen) atoms. The molecule has 0 bridgehead atoms. The summed E-state index contributed by atoms with van der Waals surface area (Å²) in [5, 5.41) is 2.73. The van der Waals surface area contributed by atoms with Gasteiger partial charge >= 0.3 is 0 Å². The number of anilines is 1.